The molecule has 0 radical (unpaired) electrons. The maximum atomic E-state index is 11.9. The van der Waals surface area contributed by atoms with Gasteiger partial charge in [0, 0.05) is 23.9 Å². The van der Waals surface area contributed by atoms with Crippen LogP contribution in [0.25, 0.3) is 0 Å². The van der Waals surface area contributed by atoms with Crippen LogP contribution in [-0.2, 0) is 13.6 Å². The SMILES string of the molecule is Cc1ccn(C2CC(O)C(COP(=O)([O-])OC(C)(C)C)C2)c(=O)n1. The number of phosphoric acid groups is 1. The van der Waals surface area contributed by atoms with Crippen LogP contribution >= 0.6 is 7.82 Å². The molecule has 24 heavy (non-hydrogen) atoms. The summed E-state index contributed by atoms with van der Waals surface area (Å²) in [6.45, 7) is 6.38. The van der Waals surface area contributed by atoms with E-state index in [0.29, 0.717) is 18.5 Å². The van der Waals surface area contributed by atoms with Gasteiger partial charge in [-0.2, -0.15) is 4.98 Å². The van der Waals surface area contributed by atoms with Crippen LogP contribution in [0.5, 0.6) is 0 Å². The topological polar surface area (TPSA) is 114 Å². The maximum absolute atomic E-state index is 11.9. The van der Waals surface area contributed by atoms with E-state index in [-0.39, 0.29) is 18.3 Å². The highest BCUT2D eigenvalue weighted by molar-refractivity contribution is 7.45. The fourth-order valence-electron chi connectivity index (χ4n) is 2.80. The first kappa shape index (κ1) is 19.3. The van der Waals surface area contributed by atoms with E-state index in [2.05, 4.69) is 4.98 Å². The van der Waals surface area contributed by atoms with Gasteiger partial charge in [0.2, 0.25) is 0 Å². The van der Waals surface area contributed by atoms with E-state index in [4.69, 9.17) is 9.05 Å². The summed E-state index contributed by atoms with van der Waals surface area (Å²) in [6, 6.07) is 1.49. The number of aryl methyl sites for hydroxylation is 1. The Morgan fingerprint density at radius 2 is 2.12 bits per heavy atom. The van der Waals surface area contributed by atoms with Gasteiger partial charge in [0.05, 0.1) is 18.3 Å². The number of aromatic nitrogens is 2. The van der Waals surface area contributed by atoms with Crippen LogP contribution in [-0.4, -0.2) is 33.0 Å². The average molecular weight is 359 g/mol. The van der Waals surface area contributed by atoms with Crippen molar-refractivity contribution in [2.24, 2.45) is 5.92 Å². The van der Waals surface area contributed by atoms with Crippen LogP contribution in [0.4, 0.5) is 0 Å². The second kappa shape index (κ2) is 7.06. The summed E-state index contributed by atoms with van der Waals surface area (Å²) >= 11 is 0. The van der Waals surface area contributed by atoms with Gasteiger partial charge in [-0.15, -0.1) is 0 Å². The minimum absolute atomic E-state index is 0.178. The Balaban J connectivity index is 1.99. The molecule has 0 spiro atoms. The zero-order valence-corrected chi connectivity index (χ0v) is 15.2. The molecule has 0 aliphatic heterocycles. The lowest BCUT2D eigenvalue weighted by atomic mass is 10.1. The van der Waals surface area contributed by atoms with Gasteiger partial charge in [-0.1, -0.05) is 0 Å². The molecule has 1 fully saturated rings. The lowest BCUT2D eigenvalue weighted by molar-refractivity contribution is -0.235. The first-order valence-corrected chi connectivity index (χ1v) is 9.33. The Morgan fingerprint density at radius 1 is 1.46 bits per heavy atom. The zero-order chi connectivity index (χ0) is 18.1. The summed E-state index contributed by atoms with van der Waals surface area (Å²) in [5.41, 5.74) is -0.629. The molecule has 0 bridgehead atoms. The molecule has 0 amide bonds. The fourth-order valence-corrected chi connectivity index (χ4v) is 3.90. The van der Waals surface area contributed by atoms with Crippen molar-refractivity contribution >= 4 is 7.82 Å². The molecule has 136 valence electrons. The van der Waals surface area contributed by atoms with Gasteiger partial charge in [-0.05, 0) is 46.6 Å². The van der Waals surface area contributed by atoms with Gasteiger partial charge in [0.15, 0.2) is 0 Å². The molecule has 1 saturated carbocycles. The molecule has 9 heteroatoms. The molecular formula is C15H24N2O6P-. The fraction of sp³-hybridized carbons (Fsp3) is 0.733. The van der Waals surface area contributed by atoms with Crippen molar-refractivity contribution in [2.75, 3.05) is 6.61 Å². The molecule has 0 saturated heterocycles. The van der Waals surface area contributed by atoms with E-state index in [1.807, 2.05) is 0 Å². The third-order valence-corrected chi connectivity index (χ3v) is 5.06. The smallest absolute Gasteiger partial charge is 0.348 e. The van der Waals surface area contributed by atoms with Crippen molar-refractivity contribution in [3.63, 3.8) is 0 Å². The number of aliphatic hydroxyl groups is 1. The monoisotopic (exact) mass is 359 g/mol. The molecule has 4 unspecified atom stereocenters. The van der Waals surface area contributed by atoms with Crippen LogP contribution in [0.2, 0.25) is 0 Å². The first-order valence-electron chi connectivity index (χ1n) is 7.87. The summed E-state index contributed by atoms with van der Waals surface area (Å²) in [6.07, 6.45) is 1.67. The van der Waals surface area contributed by atoms with Crippen LogP contribution in [0.1, 0.15) is 45.3 Å². The molecule has 1 N–H and O–H groups in total. The number of rotatable bonds is 5. The molecule has 2 rings (SSSR count). The van der Waals surface area contributed by atoms with E-state index in [1.165, 1.54) is 4.57 Å². The van der Waals surface area contributed by atoms with Crippen molar-refractivity contribution in [3.8, 4) is 0 Å². The predicted molar refractivity (Wildman–Crippen MR) is 85.4 cm³/mol. The van der Waals surface area contributed by atoms with Crippen LogP contribution in [0.3, 0.4) is 0 Å². The van der Waals surface area contributed by atoms with Crippen molar-refractivity contribution in [2.45, 2.75) is 58.3 Å². The quantitative estimate of drug-likeness (QED) is 0.785. The van der Waals surface area contributed by atoms with E-state index in [9.17, 15) is 19.4 Å². The number of aliphatic hydroxyl groups excluding tert-OH is 1. The van der Waals surface area contributed by atoms with Crippen molar-refractivity contribution in [1.82, 2.24) is 9.55 Å². The number of hydrogen-bond acceptors (Lipinski definition) is 7. The van der Waals surface area contributed by atoms with Crippen LogP contribution in [0.15, 0.2) is 17.1 Å². The molecule has 1 aliphatic rings. The minimum Gasteiger partial charge on any atom is -0.756 e. The second-order valence-corrected chi connectivity index (χ2v) is 8.49. The first-order chi connectivity index (χ1) is 11.0. The standard InChI is InChI=1S/C15H25N2O6P/c1-10-5-6-17(14(19)16-10)12-7-11(13(18)8-12)9-22-24(20,21)23-15(2,3)4/h5-6,11-13,18H,7-9H2,1-4H3,(H,20,21)/p-1. The van der Waals surface area contributed by atoms with Gasteiger partial charge in [-0.3, -0.25) is 9.13 Å². The number of nitrogens with zero attached hydrogens (tertiary/aromatic N) is 2. The lowest BCUT2D eigenvalue weighted by Gasteiger charge is -2.31. The maximum Gasteiger partial charge on any atom is 0.348 e. The summed E-state index contributed by atoms with van der Waals surface area (Å²) in [4.78, 5) is 27.6. The third kappa shape index (κ3) is 5.22. The summed E-state index contributed by atoms with van der Waals surface area (Å²) in [5.74, 6) is -0.394. The minimum atomic E-state index is -4.44. The van der Waals surface area contributed by atoms with E-state index < -0.39 is 25.4 Å². The highest BCUT2D eigenvalue weighted by Crippen LogP contribution is 2.45. The van der Waals surface area contributed by atoms with E-state index >= 15 is 0 Å². The largest absolute Gasteiger partial charge is 0.756 e. The molecule has 8 nitrogen and oxygen atoms in total. The number of hydrogen-bond donors (Lipinski definition) is 1. The van der Waals surface area contributed by atoms with Gasteiger partial charge in [-0.25, -0.2) is 4.79 Å². The van der Waals surface area contributed by atoms with Crippen LogP contribution < -0.4 is 10.6 Å². The highest BCUT2D eigenvalue weighted by Gasteiger charge is 2.35. The summed E-state index contributed by atoms with van der Waals surface area (Å²) in [7, 11) is -4.44. The Morgan fingerprint density at radius 3 is 2.71 bits per heavy atom. The van der Waals surface area contributed by atoms with Gasteiger partial charge in [0.25, 0.3) is 7.82 Å². The highest BCUT2D eigenvalue weighted by atomic mass is 31.2. The summed E-state index contributed by atoms with van der Waals surface area (Å²) < 4.78 is 23.1. The third-order valence-electron chi connectivity index (χ3n) is 3.83. The zero-order valence-electron chi connectivity index (χ0n) is 14.3. The van der Waals surface area contributed by atoms with Crippen molar-refractivity contribution < 1.29 is 23.6 Å². The lowest BCUT2D eigenvalue weighted by Crippen LogP contribution is -2.26. The van der Waals surface area contributed by atoms with Crippen LogP contribution in [0, 0.1) is 12.8 Å². The summed E-state index contributed by atoms with van der Waals surface area (Å²) in [5, 5.41) is 10.1. The van der Waals surface area contributed by atoms with Gasteiger partial charge >= 0.3 is 5.69 Å². The predicted octanol–water partition coefficient (Wildman–Crippen LogP) is 1.16. The molecule has 0 aromatic carbocycles. The average Bonchev–Trinajstić information content (AvgIpc) is 2.75. The second-order valence-electron chi connectivity index (χ2n) is 7.16. The molecule has 1 aliphatic carbocycles. The van der Waals surface area contributed by atoms with E-state index in [1.54, 1.807) is 40.0 Å². The Hall–Kier alpha value is -1.05. The molecule has 1 aromatic heterocycles. The molecule has 1 aromatic rings. The van der Waals surface area contributed by atoms with Crippen molar-refractivity contribution in [1.29, 1.82) is 0 Å². The van der Waals surface area contributed by atoms with Gasteiger partial charge in [0.1, 0.15) is 0 Å². The Labute approximate surface area is 141 Å². The normalized spacial score (nSPS) is 27.2. The van der Waals surface area contributed by atoms with E-state index in [0.717, 1.165) is 0 Å². The molecule has 1 heterocycles. The number of phosphoric ester groups is 1. The molecule has 4 atom stereocenters. The Kier molecular flexibility index (Phi) is 5.67. The van der Waals surface area contributed by atoms with Crippen molar-refractivity contribution in [3.05, 3.63) is 28.4 Å². The Bertz CT molecular complexity index is 683. The van der Waals surface area contributed by atoms with Gasteiger partial charge < -0.3 is 19.0 Å². The molecular weight excluding hydrogens is 335 g/mol.